The first-order chi connectivity index (χ1) is 8.43. The molecule has 0 aliphatic heterocycles. The van der Waals surface area contributed by atoms with Crippen LogP contribution in [0.25, 0.3) is 0 Å². The topological polar surface area (TPSA) is 0 Å². The summed E-state index contributed by atoms with van der Waals surface area (Å²) >= 11 is 0. The van der Waals surface area contributed by atoms with E-state index < -0.39 is 8.07 Å². The summed E-state index contributed by atoms with van der Waals surface area (Å²) in [5.41, 5.74) is 3.74. The van der Waals surface area contributed by atoms with E-state index in [2.05, 4.69) is 75.7 Å². The lowest BCUT2D eigenvalue weighted by molar-refractivity contribution is 0.485. The van der Waals surface area contributed by atoms with Crippen LogP contribution in [-0.2, 0) is 0 Å². The van der Waals surface area contributed by atoms with Crippen molar-refractivity contribution in [3.8, 4) is 11.5 Å². The molecule has 0 bridgehead atoms. The van der Waals surface area contributed by atoms with Crippen molar-refractivity contribution in [3.05, 3.63) is 43.0 Å². The van der Waals surface area contributed by atoms with E-state index in [4.69, 9.17) is 0 Å². The summed E-state index contributed by atoms with van der Waals surface area (Å²) in [4.78, 5) is 0. The first-order valence-corrected chi connectivity index (χ1v) is 9.35. The van der Waals surface area contributed by atoms with Crippen LogP contribution >= 0.6 is 0 Å². The molecule has 96 valence electrons. The molecule has 0 aromatic heterocycles. The highest BCUT2D eigenvalue weighted by Crippen LogP contribution is 2.19. The molecule has 0 N–H and O–H groups in total. The highest BCUT2D eigenvalue weighted by atomic mass is 28.3. The quantitative estimate of drug-likeness (QED) is 0.431. The van der Waals surface area contributed by atoms with Gasteiger partial charge in [-0.3, -0.25) is 0 Å². The van der Waals surface area contributed by atoms with Gasteiger partial charge in [-0.15, -0.1) is 18.0 Å². The van der Waals surface area contributed by atoms with Gasteiger partial charge in [-0.2, -0.15) is 0 Å². The standard InChI is InChI=1S/C17H24Si/c1-6-14-18(5,15-13-17(3,4)7-2)16-11-9-8-10-12-16/h6,8-12H,1,7,14H2,2-5H3. The van der Waals surface area contributed by atoms with E-state index in [1.807, 2.05) is 6.08 Å². The molecule has 0 fully saturated rings. The van der Waals surface area contributed by atoms with Crippen LogP contribution in [0.2, 0.25) is 12.6 Å². The second-order valence-electron chi connectivity index (χ2n) is 5.68. The minimum Gasteiger partial charge on any atom is -0.125 e. The van der Waals surface area contributed by atoms with Gasteiger partial charge in [0.2, 0.25) is 0 Å². The largest absolute Gasteiger partial charge is 0.169 e. The number of hydrogen-bond donors (Lipinski definition) is 0. The van der Waals surface area contributed by atoms with Crippen molar-refractivity contribution in [2.75, 3.05) is 0 Å². The van der Waals surface area contributed by atoms with Crippen LogP contribution in [0.4, 0.5) is 0 Å². The Balaban J connectivity index is 3.13. The second kappa shape index (κ2) is 6.07. The highest BCUT2D eigenvalue weighted by Gasteiger charge is 2.26. The highest BCUT2D eigenvalue weighted by molar-refractivity contribution is 6.97. The van der Waals surface area contributed by atoms with Gasteiger partial charge >= 0.3 is 0 Å². The molecular weight excluding hydrogens is 232 g/mol. The van der Waals surface area contributed by atoms with Crippen molar-refractivity contribution in [2.24, 2.45) is 5.41 Å². The summed E-state index contributed by atoms with van der Waals surface area (Å²) in [6, 6.07) is 11.7. The fourth-order valence-corrected chi connectivity index (χ4v) is 4.33. The van der Waals surface area contributed by atoms with Gasteiger partial charge in [0, 0.05) is 5.41 Å². The van der Waals surface area contributed by atoms with Crippen molar-refractivity contribution in [1.82, 2.24) is 0 Å². The molecule has 1 heteroatoms. The lowest BCUT2D eigenvalue weighted by Gasteiger charge is -2.22. The van der Waals surface area contributed by atoms with Crippen molar-refractivity contribution >= 4 is 13.3 Å². The number of benzene rings is 1. The summed E-state index contributed by atoms with van der Waals surface area (Å²) in [5.74, 6) is 3.50. The predicted octanol–water partition coefficient (Wildman–Crippen LogP) is 4.14. The zero-order valence-electron chi connectivity index (χ0n) is 12.1. The van der Waals surface area contributed by atoms with E-state index in [-0.39, 0.29) is 5.41 Å². The molecule has 0 saturated heterocycles. The monoisotopic (exact) mass is 256 g/mol. The van der Waals surface area contributed by atoms with Crippen LogP contribution in [0.5, 0.6) is 0 Å². The number of allylic oxidation sites excluding steroid dienone is 1. The predicted molar refractivity (Wildman–Crippen MR) is 84.5 cm³/mol. The molecule has 1 aromatic carbocycles. The first kappa shape index (κ1) is 14.8. The molecule has 0 nitrogen and oxygen atoms in total. The fourth-order valence-electron chi connectivity index (χ4n) is 1.73. The van der Waals surface area contributed by atoms with Crippen molar-refractivity contribution < 1.29 is 0 Å². The van der Waals surface area contributed by atoms with Gasteiger partial charge < -0.3 is 0 Å². The molecule has 0 saturated carbocycles. The number of rotatable bonds is 4. The van der Waals surface area contributed by atoms with Crippen LogP contribution in [0, 0.1) is 16.9 Å². The Morgan fingerprint density at radius 1 is 1.28 bits per heavy atom. The van der Waals surface area contributed by atoms with Crippen LogP contribution in [0.15, 0.2) is 43.0 Å². The van der Waals surface area contributed by atoms with E-state index >= 15 is 0 Å². The van der Waals surface area contributed by atoms with E-state index in [9.17, 15) is 0 Å². The zero-order valence-corrected chi connectivity index (χ0v) is 13.1. The molecule has 0 radical (unpaired) electrons. The fraction of sp³-hybridized carbons (Fsp3) is 0.412. The maximum atomic E-state index is 3.90. The molecule has 1 aromatic rings. The normalized spacial score (nSPS) is 14.2. The Hall–Kier alpha value is -1.26. The molecule has 0 aliphatic carbocycles. The summed E-state index contributed by atoms with van der Waals surface area (Å²) in [6.07, 6.45) is 3.11. The molecule has 1 rings (SSSR count). The van der Waals surface area contributed by atoms with E-state index in [1.165, 1.54) is 5.19 Å². The molecule has 0 amide bonds. The third-order valence-corrected chi connectivity index (χ3v) is 6.91. The van der Waals surface area contributed by atoms with Gasteiger partial charge in [0.25, 0.3) is 0 Å². The minimum atomic E-state index is -1.73. The van der Waals surface area contributed by atoms with Crippen LogP contribution < -0.4 is 5.19 Å². The lowest BCUT2D eigenvalue weighted by atomic mass is 9.92. The SMILES string of the molecule is C=CC[Si](C)(C#CC(C)(C)CC)c1ccccc1. The Morgan fingerprint density at radius 2 is 1.89 bits per heavy atom. The lowest BCUT2D eigenvalue weighted by Crippen LogP contribution is -2.43. The van der Waals surface area contributed by atoms with E-state index in [0.29, 0.717) is 0 Å². The molecule has 0 spiro atoms. The molecular formula is C17H24Si. The Morgan fingerprint density at radius 3 is 2.39 bits per heavy atom. The van der Waals surface area contributed by atoms with Gasteiger partial charge in [-0.05, 0) is 31.5 Å². The maximum Gasteiger partial charge on any atom is 0.169 e. The Bertz CT molecular complexity index is 447. The van der Waals surface area contributed by atoms with Crippen LogP contribution in [0.3, 0.4) is 0 Å². The third-order valence-electron chi connectivity index (χ3n) is 3.52. The molecule has 1 unspecified atom stereocenters. The van der Waals surface area contributed by atoms with Gasteiger partial charge in [0.15, 0.2) is 8.07 Å². The van der Waals surface area contributed by atoms with Gasteiger partial charge in [0.05, 0.1) is 0 Å². The number of hydrogen-bond acceptors (Lipinski definition) is 0. The maximum absolute atomic E-state index is 3.90. The Labute approximate surface area is 113 Å². The second-order valence-corrected chi connectivity index (χ2v) is 9.58. The molecule has 0 heterocycles. The summed E-state index contributed by atoms with van der Waals surface area (Å²) in [5, 5.41) is 1.41. The smallest absolute Gasteiger partial charge is 0.125 e. The van der Waals surface area contributed by atoms with Crippen molar-refractivity contribution in [1.29, 1.82) is 0 Å². The molecule has 0 aliphatic rings. The zero-order chi connectivity index (χ0) is 13.6. The third kappa shape index (κ3) is 3.89. The molecule has 1 atom stereocenters. The average molecular weight is 256 g/mol. The van der Waals surface area contributed by atoms with Crippen molar-refractivity contribution in [3.63, 3.8) is 0 Å². The van der Waals surface area contributed by atoms with Crippen LogP contribution in [-0.4, -0.2) is 8.07 Å². The van der Waals surface area contributed by atoms with E-state index in [1.54, 1.807) is 0 Å². The Kier molecular flexibility index (Phi) is 4.99. The summed E-state index contributed by atoms with van der Waals surface area (Å²) in [7, 11) is -1.73. The average Bonchev–Trinajstić information content (AvgIpc) is 2.38. The van der Waals surface area contributed by atoms with Gasteiger partial charge in [-0.1, -0.05) is 49.9 Å². The van der Waals surface area contributed by atoms with Gasteiger partial charge in [-0.25, -0.2) is 0 Å². The minimum absolute atomic E-state index is 0.115. The molecule has 18 heavy (non-hydrogen) atoms. The van der Waals surface area contributed by atoms with Crippen LogP contribution in [0.1, 0.15) is 27.2 Å². The van der Waals surface area contributed by atoms with E-state index in [0.717, 1.165) is 12.5 Å². The van der Waals surface area contributed by atoms with Gasteiger partial charge in [0.1, 0.15) is 0 Å². The summed E-state index contributed by atoms with van der Waals surface area (Å²) < 4.78 is 0. The summed E-state index contributed by atoms with van der Waals surface area (Å²) in [6.45, 7) is 12.9. The van der Waals surface area contributed by atoms with Crippen molar-refractivity contribution in [2.45, 2.75) is 39.8 Å². The first-order valence-electron chi connectivity index (χ1n) is 6.64.